The van der Waals surface area contributed by atoms with Crippen LogP contribution in [0, 0.1) is 20.8 Å². The molecule has 0 unspecified atom stereocenters. The first kappa shape index (κ1) is 12.4. The summed E-state index contributed by atoms with van der Waals surface area (Å²) in [6, 6.07) is 6.28. The van der Waals surface area contributed by atoms with Crippen molar-refractivity contribution < 1.29 is 5.11 Å². The van der Waals surface area contributed by atoms with E-state index in [2.05, 4.69) is 23.2 Å². The quantitative estimate of drug-likeness (QED) is 0.878. The number of aromatic hydroxyl groups is 1. The zero-order valence-corrected chi connectivity index (χ0v) is 10.8. The SMILES string of the molecule is Cc1cc(C)cc(Cn2cc(O)c(=O)nc2C)c1. The van der Waals surface area contributed by atoms with Gasteiger partial charge in [-0.25, -0.2) is 0 Å². The average molecular weight is 244 g/mol. The molecule has 0 fully saturated rings. The van der Waals surface area contributed by atoms with Gasteiger partial charge in [-0.15, -0.1) is 0 Å². The minimum Gasteiger partial charge on any atom is -0.502 e. The molecule has 0 radical (unpaired) electrons. The Hall–Kier alpha value is -2.10. The highest BCUT2D eigenvalue weighted by Crippen LogP contribution is 2.12. The number of rotatable bonds is 2. The van der Waals surface area contributed by atoms with E-state index in [-0.39, 0.29) is 5.75 Å². The van der Waals surface area contributed by atoms with Crippen LogP contribution in [0.2, 0.25) is 0 Å². The third-order valence-electron chi connectivity index (χ3n) is 2.81. The molecule has 4 heteroatoms. The molecule has 0 saturated heterocycles. The average Bonchev–Trinajstić information content (AvgIpc) is 2.24. The molecule has 0 saturated carbocycles. The smallest absolute Gasteiger partial charge is 0.315 e. The third kappa shape index (κ3) is 2.59. The van der Waals surface area contributed by atoms with Gasteiger partial charge in [0.05, 0.1) is 6.20 Å². The van der Waals surface area contributed by atoms with Crippen LogP contribution >= 0.6 is 0 Å². The molecule has 0 bridgehead atoms. The van der Waals surface area contributed by atoms with Crippen molar-refractivity contribution in [2.24, 2.45) is 0 Å². The van der Waals surface area contributed by atoms with Gasteiger partial charge < -0.3 is 9.67 Å². The molecule has 0 aliphatic heterocycles. The van der Waals surface area contributed by atoms with Crippen LogP contribution in [0.1, 0.15) is 22.5 Å². The second-order valence-corrected chi connectivity index (χ2v) is 4.60. The lowest BCUT2D eigenvalue weighted by Crippen LogP contribution is -2.15. The summed E-state index contributed by atoms with van der Waals surface area (Å²) in [6.07, 6.45) is 1.43. The molecule has 0 amide bonds. The van der Waals surface area contributed by atoms with Crippen molar-refractivity contribution in [1.29, 1.82) is 0 Å². The second-order valence-electron chi connectivity index (χ2n) is 4.60. The van der Waals surface area contributed by atoms with E-state index in [1.807, 2.05) is 13.8 Å². The molecule has 1 heterocycles. The zero-order chi connectivity index (χ0) is 13.3. The number of nitrogens with zero attached hydrogens (tertiary/aromatic N) is 2. The van der Waals surface area contributed by atoms with Crippen molar-refractivity contribution >= 4 is 0 Å². The van der Waals surface area contributed by atoms with Crippen molar-refractivity contribution in [2.45, 2.75) is 27.3 Å². The Bertz CT molecular complexity index is 624. The molecule has 1 aromatic carbocycles. The predicted octanol–water partition coefficient (Wildman–Crippen LogP) is 1.92. The zero-order valence-electron chi connectivity index (χ0n) is 10.8. The van der Waals surface area contributed by atoms with Crippen LogP contribution in [0.4, 0.5) is 0 Å². The molecule has 2 aromatic rings. The number of aromatic nitrogens is 2. The fraction of sp³-hybridized carbons (Fsp3) is 0.286. The molecule has 0 atom stereocenters. The predicted molar refractivity (Wildman–Crippen MR) is 69.9 cm³/mol. The maximum atomic E-state index is 11.2. The summed E-state index contributed by atoms with van der Waals surface area (Å²) < 4.78 is 1.77. The number of hydrogen-bond donors (Lipinski definition) is 1. The first-order valence-electron chi connectivity index (χ1n) is 5.80. The molecule has 0 aliphatic rings. The number of hydrogen-bond acceptors (Lipinski definition) is 3. The molecule has 18 heavy (non-hydrogen) atoms. The van der Waals surface area contributed by atoms with E-state index in [9.17, 15) is 9.90 Å². The van der Waals surface area contributed by atoms with Crippen molar-refractivity contribution in [1.82, 2.24) is 9.55 Å². The summed E-state index contributed by atoms with van der Waals surface area (Å²) in [5.74, 6) is 0.280. The Labute approximate surface area is 106 Å². The van der Waals surface area contributed by atoms with E-state index >= 15 is 0 Å². The highest BCUT2D eigenvalue weighted by atomic mass is 16.3. The first-order chi connectivity index (χ1) is 8.45. The summed E-state index contributed by atoms with van der Waals surface area (Å²) in [4.78, 5) is 14.9. The Kier molecular flexibility index (Phi) is 3.19. The van der Waals surface area contributed by atoms with Crippen LogP contribution in [-0.2, 0) is 6.54 Å². The van der Waals surface area contributed by atoms with Gasteiger partial charge in [-0.2, -0.15) is 4.98 Å². The van der Waals surface area contributed by atoms with E-state index in [4.69, 9.17) is 0 Å². The van der Waals surface area contributed by atoms with Crippen molar-refractivity contribution in [3.63, 3.8) is 0 Å². The minimum atomic E-state index is -0.579. The topological polar surface area (TPSA) is 55.1 Å². The van der Waals surface area contributed by atoms with E-state index in [1.54, 1.807) is 11.5 Å². The molecule has 94 valence electrons. The van der Waals surface area contributed by atoms with E-state index in [1.165, 1.54) is 17.3 Å². The van der Waals surface area contributed by atoms with Crippen molar-refractivity contribution in [3.8, 4) is 5.75 Å². The molecule has 1 aromatic heterocycles. The monoisotopic (exact) mass is 244 g/mol. The van der Waals surface area contributed by atoms with Gasteiger partial charge >= 0.3 is 5.56 Å². The largest absolute Gasteiger partial charge is 0.502 e. The summed E-state index contributed by atoms with van der Waals surface area (Å²) >= 11 is 0. The summed E-state index contributed by atoms with van der Waals surface area (Å²) in [5.41, 5.74) is 2.94. The lowest BCUT2D eigenvalue weighted by atomic mass is 10.1. The first-order valence-corrected chi connectivity index (χ1v) is 5.80. The summed E-state index contributed by atoms with van der Waals surface area (Å²) in [5, 5.41) is 9.42. The van der Waals surface area contributed by atoms with Gasteiger partial charge in [-0.05, 0) is 26.3 Å². The third-order valence-corrected chi connectivity index (χ3v) is 2.81. The van der Waals surface area contributed by atoms with Gasteiger partial charge in [0.2, 0.25) is 0 Å². The highest BCUT2D eigenvalue weighted by molar-refractivity contribution is 5.29. The lowest BCUT2D eigenvalue weighted by Gasteiger charge is -2.11. The maximum Gasteiger partial charge on any atom is 0.315 e. The van der Waals surface area contributed by atoms with Crippen LogP contribution in [0.5, 0.6) is 5.75 Å². The second kappa shape index (κ2) is 4.64. The van der Waals surface area contributed by atoms with Crippen molar-refractivity contribution in [3.05, 3.63) is 57.3 Å². The Balaban J connectivity index is 2.39. The standard InChI is InChI=1S/C14H16N2O2/c1-9-4-10(2)6-12(5-9)7-16-8-13(17)14(18)15-11(16)3/h4-6,8,17H,7H2,1-3H3. The maximum absolute atomic E-state index is 11.2. The van der Waals surface area contributed by atoms with Crippen LogP contribution in [0.25, 0.3) is 0 Å². The van der Waals surface area contributed by atoms with Gasteiger partial charge in [0.15, 0.2) is 5.75 Å². The molecule has 4 nitrogen and oxygen atoms in total. The number of aryl methyl sites for hydroxylation is 3. The Morgan fingerprint density at radius 1 is 1.17 bits per heavy atom. The van der Waals surface area contributed by atoms with Gasteiger partial charge in [0, 0.05) is 6.54 Å². The molecular weight excluding hydrogens is 228 g/mol. The molecule has 0 spiro atoms. The van der Waals surface area contributed by atoms with Gasteiger partial charge in [0.25, 0.3) is 0 Å². The van der Waals surface area contributed by atoms with Crippen LogP contribution in [0.15, 0.2) is 29.2 Å². The highest BCUT2D eigenvalue weighted by Gasteiger charge is 2.05. The molecule has 0 aliphatic carbocycles. The normalized spacial score (nSPS) is 10.6. The fourth-order valence-corrected chi connectivity index (χ4v) is 2.08. The van der Waals surface area contributed by atoms with Crippen LogP contribution in [-0.4, -0.2) is 14.7 Å². The van der Waals surface area contributed by atoms with Gasteiger partial charge in [-0.1, -0.05) is 29.3 Å². The van der Waals surface area contributed by atoms with Gasteiger partial charge in [0.1, 0.15) is 5.82 Å². The summed E-state index contributed by atoms with van der Waals surface area (Å²) in [7, 11) is 0. The Morgan fingerprint density at radius 3 is 2.39 bits per heavy atom. The van der Waals surface area contributed by atoms with Crippen molar-refractivity contribution in [2.75, 3.05) is 0 Å². The van der Waals surface area contributed by atoms with Gasteiger partial charge in [-0.3, -0.25) is 4.79 Å². The summed E-state index contributed by atoms with van der Waals surface area (Å²) in [6.45, 7) is 6.44. The Morgan fingerprint density at radius 2 is 1.78 bits per heavy atom. The fourth-order valence-electron chi connectivity index (χ4n) is 2.08. The van der Waals surface area contributed by atoms with Crippen LogP contribution < -0.4 is 5.56 Å². The minimum absolute atomic E-state index is 0.315. The molecular formula is C14H16N2O2. The molecule has 2 rings (SSSR count). The molecule has 1 N–H and O–H groups in total. The lowest BCUT2D eigenvalue weighted by molar-refractivity contribution is 0.454. The number of benzene rings is 1. The van der Waals surface area contributed by atoms with E-state index in [0.717, 1.165) is 5.56 Å². The van der Waals surface area contributed by atoms with Crippen LogP contribution in [0.3, 0.4) is 0 Å². The van der Waals surface area contributed by atoms with E-state index < -0.39 is 5.56 Å². The van der Waals surface area contributed by atoms with E-state index in [0.29, 0.717) is 12.4 Å².